The molecule has 5 nitrogen and oxygen atoms in total. The van der Waals surface area contributed by atoms with Gasteiger partial charge in [-0.1, -0.05) is 24.3 Å². The average Bonchev–Trinajstić information content (AvgIpc) is 2.92. The van der Waals surface area contributed by atoms with Gasteiger partial charge in [-0.2, -0.15) is 0 Å². The summed E-state index contributed by atoms with van der Waals surface area (Å²) >= 11 is 0. The molecule has 1 saturated heterocycles. The lowest BCUT2D eigenvalue weighted by Crippen LogP contribution is -2.67. The van der Waals surface area contributed by atoms with Gasteiger partial charge in [0.2, 0.25) is 11.8 Å². The second-order valence-corrected chi connectivity index (χ2v) is 7.07. The van der Waals surface area contributed by atoms with Crippen LogP contribution in [0, 0.1) is 0 Å². The summed E-state index contributed by atoms with van der Waals surface area (Å²) in [5.41, 5.74) is 2.71. The molecule has 0 saturated carbocycles. The first-order valence-corrected chi connectivity index (χ1v) is 8.27. The van der Waals surface area contributed by atoms with E-state index < -0.39 is 11.6 Å². The highest BCUT2D eigenvalue weighted by molar-refractivity contribution is 5.97. The molecule has 1 atom stereocenters. The topological polar surface area (TPSA) is 56.4 Å². The van der Waals surface area contributed by atoms with E-state index in [0.29, 0.717) is 13.0 Å². The number of benzene rings is 1. The highest BCUT2D eigenvalue weighted by Gasteiger charge is 2.51. The van der Waals surface area contributed by atoms with E-state index >= 15 is 0 Å². The molecule has 0 aliphatic carbocycles. The van der Waals surface area contributed by atoms with E-state index in [1.165, 1.54) is 0 Å². The number of nitrogens with zero attached hydrogens (tertiary/aromatic N) is 2. The van der Waals surface area contributed by atoms with Gasteiger partial charge in [-0.3, -0.25) is 9.59 Å². The van der Waals surface area contributed by atoms with Crippen LogP contribution in [0.2, 0.25) is 0 Å². The number of piperazine rings is 1. The van der Waals surface area contributed by atoms with Crippen LogP contribution in [0.3, 0.4) is 0 Å². The lowest BCUT2D eigenvalue weighted by atomic mass is 9.82. The van der Waals surface area contributed by atoms with Crippen LogP contribution in [-0.2, 0) is 21.5 Å². The van der Waals surface area contributed by atoms with Crippen LogP contribution in [0.15, 0.2) is 36.9 Å². The zero-order chi connectivity index (χ0) is 17.1. The Bertz CT molecular complexity index is 865. The number of hydrogen-bond donors (Lipinski definition) is 1. The number of para-hydroxylation sites is 1. The Labute approximate surface area is 140 Å². The van der Waals surface area contributed by atoms with Gasteiger partial charge in [-0.25, -0.2) is 0 Å². The molecule has 5 heteroatoms. The molecule has 2 amide bonds. The predicted octanol–water partition coefficient (Wildman–Crippen LogP) is 2.18. The molecule has 0 spiro atoms. The van der Waals surface area contributed by atoms with Crippen molar-refractivity contribution in [3.05, 3.63) is 48.2 Å². The third-order valence-electron chi connectivity index (χ3n) is 5.28. The number of amides is 2. The summed E-state index contributed by atoms with van der Waals surface area (Å²) in [7, 11) is 0. The summed E-state index contributed by atoms with van der Waals surface area (Å²) in [4.78, 5) is 32.6. The monoisotopic (exact) mass is 323 g/mol. The van der Waals surface area contributed by atoms with Crippen molar-refractivity contribution in [2.75, 3.05) is 13.1 Å². The van der Waals surface area contributed by atoms with E-state index in [9.17, 15) is 9.59 Å². The lowest BCUT2D eigenvalue weighted by molar-refractivity contribution is -0.163. The van der Waals surface area contributed by atoms with E-state index in [2.05, 4.69) is 17.6 Å². The van der Waals surface area contributed by atoms with Gasteiger partial charge >= 0.3 is 0 Å². The molecule has 3 heterocycles. The van der Waals surface area contributed by atoms with Gasteiger partial charge < -0.3 is 14.8 Å². The number of aromatic nitrogens is 1. The van der Waals surface area contributed by atoms with Crippen molar-refractivity contribution in [3.63, 3.8) is 0 Å². The highest BCUT2D eigenvalue weighted by Crippen LogP contribution is 2.42. The first-order chi connectivity index (χ1) is 11.4. The number of aromatic amines is 1. The van der Waals surface area contributed by atoms with E-state index in [1.807, 2.05) is 32.0 Å². The third kappa shape index (κ3) is 1.87. The molecular weight excluding hydrogens is 302 g/mol. The fourth-order valence-corrected chi connectivity index (χ4v) is 4.25. The molecule has 24 heavy (non-hydrogen) atoms. The number of rotatable bonds is 2. The molecule has 1 aromatic heterocycles. The van der Waals surface area contributed by atoms with Crippen LogP contribution in [0.25, 0.3) is 10.9 Å². The maximum absolute atomic E-state index is 12.9. The molecule has 1 N–H and O–H groups in total. The Hall–Kier alpha value is -2.56. The smallest absolute Gasteiger partial charge is 0.246 e. The van der Waals surface area contributed by atoms with Gasteiger partial charge in [0.25, 0.3) is 0 Å². The lowest BCUT2D eigenvalue weighted by Gasteiger charge is -2.51. The van der Waals surface area contributed by atoms with E-state index in [-0.39, 0.29) is 18.4 Å². The summed E-state index contributed by atoms with van der Waals surface area (Å²) in [6.07, 6.45) is 2.23. The largest absolute Gasteiger partial charge is 0.356 e. The number of carbonyl (C=O) groups excluding carboxylic acids is 2. The van der Waals surface area contributed by atoms with Crippen LogP contribution in [0.1, 0.15) is 25.1 Å². The molecule has 2 aromatic rings. The van der Waals surface area contributed by atoms with Crippen molar-refractivity contribution in [1.29, 1.82) is 0 Å². The van der Waals surface area contributed by atoms with Crippen molar-refractivity contribution < 1.29 is 9.59 Å². The Balaban J connectivity index is 1.88. The van der Waals surface area contributed by atoms with Crippen molar-refractivity contribution in [1.82, 2.24) is 14.8 Å². The average molecular weight is 323 g/mol. The second-order valence-electron chi connectivity index (χ2n) is 7.07. The number of nitrogens with one attached hydrogen (secondary N) is 1. The second kappa shape index (κ2) is 4.97. The standard InChI is InChI=1S/C19H21N3O2/c1-4-9-21-11-16(23)22-15(18(21)24)10-13-12-7-5-6-8-14(12)20-17(13)19(22,2)3/h4-8,15,20H,1,9-11H2,2-3H3. The number of H-pyrrole nitrogens is 1. The molecule has 0 radical (unpaired) electrons. The molecule has 1 aromatic carbocycles. The van der Waals surface area contributed by atoms with E-state index in [0.717, 1.165) is 22.2 Å². The Morgan fingerprint density at radius 2 is 2.08 bits per heavy atom. The van der Waals surface area contributed by atoms with Gasteiger partial charge in [-0.15, -0.1) is 6.58 Å². The van der Waals surface area contributed by atoms with Crippen LogP contribution in [0.4, 0.5) is 0 Å². The number of carbonyl (C=O) groups is 2. The predicted molar refractivity (Wildman–Crippen MR) is 92.4 cm³/mol. The maximum atomic E-state index is 12.9. The van der Waals surface area contributed by atoms with Gasteiger partial charge in [0.15, 0.2) is 0 Å². The number of hydrogen-bond acceptors (Lipinski definition) is 2. The first-order valence-electron chi connectivity index (χ1n) is 8.27. The van der Waals surface area contributed by atoms with Crippen LogP contribution in [0.5, 0.6) is 0 Å². The van der Waals surface area contributed by atoms with Crippen molar-refractivity contribution >= 4 is 22.7 Å². The van der Waals surface area contributed by atoms with Gasteiger partial charge in [0, 0.05) is 29.6 Å². The number of fused-ring (bicyclic) bond motifs is 4. The van der Waals surface area contributed by atoms with E-state index in [4.69, 9.17) is 0 Å². The minimum atomic E-state index is -0.537. The molecule has 4 rings (SSSR count). The minimum absolute atomic E-state index is 0.00393. The van der Waals surface area contributed by atoms with Gasteiger partial charge in [0.1, 0.15) is 12.6 Å². The summed E-state index contributed by atoms with van der Waals surface area (Å²) < 4.78 is 0. The summed E-state index contributed by atoms with van der Waals surface area (Å²) in [6, 6.07) is 7.68. The normalized spacial score (nSPS) is 22.5. The molecule has 1 fully saturated rings. The fraction of sp³-hybridized carbons (Fsp3) is 0.368. The Morgan fingerprint density at radius 1 is 1.33 bits per heavy atom. The van der Waals surface area contributed by atoms with Crippen molar-refractivity contribution in [3.8, 4) is 0 Å². The summed E-state index contributed by atoms with van der Waals surface area (Å²) in [6.45, 7) is 8.26. The summed E-state index contributed by atoms with van der Waals surface area (Å²) in [5, 5.41) is 1.14. The molecule has 1 unspecified atom stereocenters. The summed E-state index contributed by atoms with van der Waals surface area (Å²) in [5.74, 6) is 0.00858. The van der Waals surface area contributed by atoms with Crippen molar-refractivity contribution in [2.24, 2.45) is 0 Å². The van der Waals surface area contributed by atoms with Crippen molar-refractivity contribution in [2.45, 2.75) is 31.8 Å². The zero-order valence-corrected chi connectivity index (χ0v) is 14.0. The van der Waals surface area contributed by atoms with Gasteiger partial charge in [-0.05, 0) is 25.5 Å². The fourth-order valence-electron chi connectivity index (χ4n) is 4.25. The highest BCUT2D eigenvalue weighted by atomic mass is 16.2. The zero-order valence-electron chi connectivity index (χ0n) is 14.0. The quantitative estimate of drug-likeness (QED) is 0.861. The van der Waals surface area contributed by atoms with Gasteiger partial charge in [0.05, 0.1) is 5.54 Å². The third-order valence-corrected chi connectivity index (χ3v) is 5.28. The SMILES string of the molecule is C=CCN1CC(=O)N2C(Cc3c([nH]c4ccccc34)C2(C)C)C1=O. The van der Waals surface area contributed by atoms with Crippen LogP contribution in [-0.4, -0.2) is 45.7 Å². The molecule has 0 bridgehead atoms. The molecular formula is C19H21N3O2. The Kier molecular flexibility index (Phi) is 3.10. The molecule has 2 aliphatic heterocycles. The molecule has 2 aliphatic rings. The minimum Gasteiger partial charge on any atom is -0.356 e. The molecule has 124 valence electrons. The first kappa shape index (κ1) is 15.0. The Morgan fingerprint density at radius 3 is 2.83 bits per heavy atom. The van der Waals surface area contributed by atoms with Crippen LogP contribution < -0.4 is 0 Å². The maximum Gasteiger partial charge on any atom is 0.246 e. The van der Waals surface area contributed by atoms with Crippen LogP contribution >= 0.6 is 0 Å². The van der Waals surface area contributed by atoms with E-state index in [1.54, 1.807) is 15.9 Å².